The Bertz CT molecular complexity index is 841. The van der Waals surface area contributed by atoms with Gasteiger partial charge in [0, 0.05) is 25.4 Å². The number of sulfone groups is 1. The summed E-state index contributed by atoms with van der Waals surface area (Å²) in [6, 6.07) is 12.3. The van der Waals surface area contributed by atoms with Crippen LogP contribution in [0.25, 0.3) is 0 Å². The van der Waals surface area contributed by atoms with E-state index in [-0.39, 0.29) is 10.8 Å². The molecule has 0 radical (unpaired) electrons. The van der Waals surface area contributed by atoms with Crippen molar-refractivity contribution >= 4 is 15.7 Å². The summed E-state index contributed by atoms with van der Waals surface area (Å²) in [5, 5.41) is 0. The van der Waals surface area contributed by atoms with Gasteiger partial charge in [-0.1, -0.05) is 29.8 Å². The van der Waals surface area contributed by atoms with Gasteiger partial charge in [0.25, 0.3) is 5.91 Å². The second-order valence-corrected chi connectivity index (χ2v) is 7.91. The van der Waals surface area contributed by atoms with Gasteiger partial charge in [-0.2, -0.15) is 0 Å². The summed E-state index contributed by atoms with van der Waals surface area (Å²) in [7, 11) is -1.61. The average molecular weight is 331 g/mol. The number of hydrogen-bond donors (Lipinski definition) is 0. The van der Waals surface area contributed by atoms with Crippen LogP contribution in [0.4, 0.5) is 0 Å². The van der Waals surface area contributed by atoms with Crippen molar-refractivity contribution in [3.05, 3.63) is 64.7 Å². The molecule has 0 aliphatic carbocycles. The van der Waals surface area contributed by atoms with Crippen LogP contribution < -0.4 is 0 Å². The minimum atomic E-state index is -3.33. The highest BCUT2D eigenvalue weighted by atomic mass is 32.2. The number of nitrogens with zero attached hydrogens (tertiary/aromatic N) is 1. The van der Waals surface area contributed by atoms with E-state index in [1.165, 1.54) is 17.7 Å². The Morgan fingerprint density at radius 3 is 2.39 bits per heavy atom. The molecule has 0 N–H and O–H groups in total. The molecule has 23 heavy (non-hydrogen) atoms. The highest BCUT2D eigenvalue weighted by Gasteiger charge is 2.15. The van der Waals surface area contributed by atoms with E-state index in [0.717, 1.165) is 17.4 Å². The normalized spacial score (nSPS) is 11.3. The predicted octanol–water partition coefficient (Wildman–Crippen LogP) is 2.98. The molecule has 0 aromatic heterocycles. The molecule has 0 spiro atoms. The lowest BCUT2D eigenvalue weighted by atomic mass is 10.1. The first kappa shape index (κ1) is 17.2. The van der Waals surface area contributed by atoms with E-state index in [9.17, 15) is 13.2 Å². The fourth-order valence-electron chi connectivity index (χ4n) is 2.43. The second kappa shape index (κ2) is 6.54. The van der Waals surface area contributed by atoms with Crippen LogP contribution in [0.5, 0.6) is 0 Å². The number of aryl methyl sites for hydroxylation is 2. The first-order valence-corrected chi connectivity index (χ1v) is 9.19. The van der Waals surface area contributed by atoms with Gasteiger partial charge in [0.1, 0.15) is 0 Å². The largest absolute Gasteiger partial charge is 0.337 e. The van der Waals surface area contributed by atoms with E-state index >= 15 is 0 Å². The van der Waals surface area contributed by atoms with Crippen molar-refractivity contribution < 1.29 is 13.2 Å². The molecular formula is C18H21NO3S. The summed E-state index contributed by atoms with van der Waals surface area (Å²) in [4.78, 5) is 14.3. The van der Waals surface area contributed by atoms with Crippen LogP contribution >= 0.6 is 0 Å². The van der Waals surface area contributed by atoms with Gasteiger partial charge in [0.15, 0.2) is 9.84 Å². The fraction of sp³-hybridized carbons (Fsp3) is 0.278. The summed E-state index contributed by atoms with van der Waals surface area (Å²) >= 11 is 0. The molecule has 0 atom stereocenters. The third-order valence-electron chi connectivity index (χ3n) is 3.76. The quantitative estimate of drug-likeness (QED) is 0.865. The third-order valence-corrected chi connectivity index (χ3v) is 4.87. The molecule has 0 saturated heterocycles. The zero-order chi connectivity index (χ0) is 17.2. The standard InChI is InChI=1S/C18H21NO3S/c1-13-8-9-16(14(2)10-13)12-19(3)18(20)15-6-5-7-17(11-15)23(4,21)22/h5-11H,12H2,1-4H3. The topological polar surface area (TPSA) is 54.5 Å². The lowest BCUT2D eigenvalue weighted by Gasteiger charge is -2.19. The zero-order valence-corrected chi connectivity index (χ0v) is 14.6. The molecule has 0 aliphatic rings. The van der Waals surface area contributed by atoms with Crippen molar-refractivity contribution in [3.63, 3.8) is 0 Å². The van der Waals surface area contributed by atoms with Gasteiger partial charge >= 0.3 is 0 Å². The van der Waals surface area contributed by atoms with E-state index in [1.807, 2.05) is 26.0 Å². The number of rotatable bonds is 4. The van der Waals surface area contributed by atoms with Crippen LogP contribution in [0, 0.1) is 13.8 Å². The van der Waals surface area contributed by atoms with E-state index in [2.05, 4.69) is 6.07 Å². The third kappa shape index (κ3) is 4.20. The molecule has 0 saturated carbocycles. The van der Waals surface area contributed by atoms with Crippen LogP contribution in [-0.4, -0.2) is 32.5 Å². The number of carbonyl (C=O) groups is 1. The fourth-order valence-corrected chi connectivity index (χ4v) is 3.10. The van der Waals surface area contributed by atoms with E-state index in [1.54, 1.807) is 24.1 Å². The Balaban J connectivity index is 2.23. The van der Waals surface area contributed by atoms with Crippen molar-refractivity contribution in [1.82, 2.24) is 4.90 Å². The average Bonchev–Trinajstić information content (AvgIpc) is 2.48. The van der Waals surface area contributed by atoms with Gasteiger partial charge in [0.2, 0.25) is 0 Å². The lowest BCUT2D eigenvalue weighted by Crippen LogP contribution is -2.26. The number of benzene rings is 2. The monoisotopic (exact) mass is 331 g/mol. The van der Waals surface area contributed by atoms with Crippen LogP contribution in [-0.2, 0) is 16.4 Å². The molecule has 1 amide bonds. The van der Waals surface area contributed by atoms with Crippen molar-refractivity contribution in [2.75, 3.05) is 13.3 Å². The van der Waals surface area contributed by atoms with E-state index < -0.39 is 9.84 Å². The molecule has 5 heteroatoms. The minimum Gasteiger partial charge on any atom is -0.337 e. The lowest BCUT2D eigenvalue weighted by molar-refractivity contribution is 0.0784. The molecule has 2 aromatic carbocycles. The van der Waals surface area contributed by atoms with Crippen LogP contribution in [0.1, 0.15) is 27.0 Å². The Morgan fingerprint density at radius 2 is 1.78 bits per heavy atom. The van der Waals surface area contributed by atoms with Crippen molar-refractivity contribution in [2.45, 2.75) is 25.3 Å². The summed E-state index contributed by atoms with van der Waals surface area (Å²) in [5.74, 6) is -0.199. The molecule has 4 nitrogen and oxygen atoms in total. The van der Waals surface area contributed by atoms with Gasteiger partial charge < -0.3 is 4.90 Å². The van der Waals surface area contributed by atoms with Crippen molar-refractivity contribution in [2.24, 2.45) is 0 Å². The first-order chi connectivity index (χ1) is 10.7. The van der Waals surface area contributed by atoms with Gasteiger partial charge in [-0.05, 0) is 43.2 Å². The molecular weight excluding hydrogens is 310 g/mol. The SMILES string of the molecule is Cc1ccc(CN(C)C(=O)c2cccc(S(C)(=O)=O)c2)c(C)c1. The number of amides is 1. The highest BCUT2D eigenvalue weighted by Crippen LogP contribution is 2.16. The maximum absolute atomic E-state index is 12.5. The van der Waals surface area contributed by atoms with Crippen molar-refractivity contribution in [3.8, 4) is 0 Å². The Kier molecular flexibility index (Phi) is 4.90. The molecule has 2 aromatic rings. The second-order valence-electron chi connectivity index (χ2n) is 5.89. The van der Waals surface area contributed by atoms with E-state index in [0.29, 0.717) is 12.1 Å². The molecule has 0 heterocycles. The van der Waals surface area contributed by atoms with Crippen LogP contribution in [0.2, 0.25) is 0 Å². The molecule has 0 unspecified atom stereocenters. The molecule has 0 bridgehead atoms. The van der Waals surface area contributed by atoms with E-state index in [4.69, 9.17) is 0 Å². The Hall–Kier alpha value is -2.14. The number of carbonyl (C=O) groups excluding carboxylic acids is 1. The summed E-state index contributed by atoms with van der Waals surface area (Å²) in [6.07, 6.45) is 1.13. The van der Waals surface area contributed by atoms with Gasteiger partial charge in [0.05, 0.1) is 4.90 Å². The summed E-state index contributed by atoms with van der Waals surface area (Å²) in [6.45, 7) is 4.53. The minimum absolute atomic E-state index is 0.156. The first-order valence-electron chi connectivity index (χ1n) is 7.30. The Morgan fingerprint density at radius 1 is 1.09 bits per heavy atom. The molecule has 2 rings (SSSR count). The highest BCUT2D eigenvalue weighted by molar-refractivity contribution is 7.90. The number of hydrogen-bond acceptors (Lipinski definition) is 3. The smallest absolute Gasteiger partial charge is 0.253 e. The molecule has 0 aliphatic heterocycles. The molecule has 0 fully saturated rings. The van der Waals surface area contributed by atoms with Gasteiger partial charge in [-0.25, -0.2) is 8.42 Å². The van der Waals surface area contributed by atoms with Gasteiger partial charge in [-0.15, -0.1) is 0 Å². The van der Waals surface area contributed by atoms with Gasteiger partial charge in [-0.3, -0.25) is 4.79 Å². The maximum atomic E-state index is 12.5. The summed E-state index contributed by atoms with van der Waals surface area (Å²) in [5.41, 5.74) is 3.77. The zero-order valence-electron chi connectivity index (χ0n) is 13.8. The Labute approximate surface area is 137 Å². The van der Waals surface area contributed by atoms with Crippen molar-refractivity contribution in [1.29, 1.82) is 0 Å². The van der Waals surface area contributed by atoms with Crippen LogP contribution in [0.15, 0.2) is 47.4 Å². The molecule has 122 valence electrons. The summed E-state index contributed by atoms with van der Waals surface area (Å²) < 4.78 is 23.2. The van der Waals surface area contributed by atoms with Crippen LogP contribution in [0.3, 0.4) is 0 Å². The predicted molar refractivity (Wildman–Crippen MR) is 91.3 cm³/mol. The maximum Gasteiger partial charge on any atom is 0.253 e.